The molecule has 0 fully saturated rings. The van der Waals surface area contributed by atoms with Gasteiger partial charge in [-0.25, -0.2) is 0 Å². The van der Waals surface area contributed by atoms with Crippen molar-refractivity contribution in [2.45, 2.75) is 31.8 Å². The summed E-state index contributed by atoms with van der Waals surface area (Å²) in [5.41, 5.74) is 3.87. The third kappa shape index (κ3) is 3.43. The van der Waals surface area contributed by atoms with Crippen molar-refractivity contribution in [2.24, 2.45) is 0 Å². The zero-order chi connectivity index (χ0) is 17.3. The Kier molecular flexibility index (Phi) is 5.13. The third-order valence-corrected chi connectivity index (χ3v) is 5.53. The van der Waals surface area contributed by atoms with Crippen LogP contribution in [0.4, 0.5) is 5.69 Å². The Morgan fingerprint density at radius 1 is 1.17 bits per heavy atom. The van der Waals surface area contributed by atoms with Gasteiger partial charge in [-0.05, 0) is 58.8 Å². The predicted molar refractivity (Wildman–Crippen MR) is 107 cm³/mol. The van der Waals surface area contributed by atoms with Gasteiger partial charge in [0, 0.05) is 48.3 Å². The number of halogens is 1. The SMILES string of the molecule is CC1C(CC(=O)N(C)C)c2cc(I)ccc2N1Cc1ccccc1. The van der Waals surface area contributed by atoms with Crippen LogP contribution < -0.4 is 4.90 Å². The predicted octanol–water partition coefficient (Wildman–Crippen LogP) is 4.26. The molecule has 1 aliphatic rings. The highest BCUT2D eigenvalue weighted by atomic mass is 127. The lowest BCUT2D eigenvalue weighted by Gasteiger charge is -2.28. The quantitative estimate of drug-likeness (QED) is 0.672. The van der Waals surface area contributed by atoms with Crippen LogP contribution in [0.15, 0.2) is 48.5 Å². The Morgan fingerprint density at radius 2 is 1.88 bits per heavy atom. The van der Waals surface area contributed by atoms with Crippen LogP contribution >= 0.6 is 22.6 Å². The zero-order valence-corrected chi connectivity index (χ0v) is 16.5. The maximum Gasteiger partial charge on any atom is 0.222 e. The number of anilines is 1. The zero-order valence-electron chi connectivity index (χ0n) is 14.4. The minimum absolute atomic E-state index is 0.193. The Bertz CT molecular complexity index is 730. The third-order valence-electron chi connectivity index (χ3n) is 4.86. The van der Waals surface area contributed by atoms with E-state index in [1.807, 2.05) is 20.2 Å². The molecular weight excluding hydrogens is 411 g/mol. The number of fused-ring (bicyclic) bond motifs is 1. The van der Waals surface area contributed by atoms with Gasteiger partial charge in [0.05, 0.1) is 0 Å². The molecule has 0 bridgehead atoms. The van der Waals surface area contributed by atoms with Crippen LogP contribution in [0.25, 0.3) is 0 Å². The molecule has 2 aromatic rings. The number of carbonyl (C=O) groups excluding carboxylic acids is 1. The summed E-state index contributed by atoms with van der Waals surface area (Å²) in [6.45, 7) is 3.12. The van der Waals surface area contributed by atoms with E-state index in [1.54, 1.807) is 4.90 Å². The number of hydrogen-bond acceptors (Lipinski definition) is 2. The summed E-state index contributed by atoms with van der Waals surface area (Å²) in [6.07, 6.45) is 0.562. The molecule has 3 rings (SSSR count). The lowest BCUT2D eigenvalue weighted by Crippen LogP contribution is -2.33. The van der Waals surface area contributed by atoms with Crippen molar-refractivity contribution in [1.82, 2.24) is 4.90 Å². The topological polar surface area (TPSA) is 23.6 Å². The smallest absolute Gasteiger partial charge is 0.222 e. The van der Waals surface area contributed by atoms with Gasteiger partial charge in [0.2, 0.25) is 5.91 Å². The Hall–Kier alpha value is -1.56. The molecule has 126 valence electrons. The van der Waals surface area contributed by atoms with E-state index in [4.69, 9.17) is 0 Å². The molecule has 1 aliphatic heterocycles. The Balaban J connectivity index is 1.93. The summed E-state index contributed by atoms with van der Waals surface area (Å²) in [5.74, 6) is 0.437. The molecule has 0 saturated carbocycles. The molecule has 1 heterocycles. The second kappa shape index (κ2) is 7.13. The minimum Gasteiger partial charge on any atom is -0.364 e. The van der Waals surface area contributed by atoms with Crippen LogP contribution in [0.2, 0.25) is 0 Å². The summed E-state index contributed by atoms with van der Waals surface area (Å²) in [7, 11) is 3.67. The highest BCUT2D eigenvalue weighted by Crippen LogP contribution is 2.44. The fourth-order valence-electron chi connectivity index (χ4n) is 3.44. The average Bonchev–Trinajstić information content (AvgIpc) is 2.81. The summed E-state index contributed by atoms with van der Waals surface area (Å²) in [6, 6.07) is 17.4. The van der Waals surface area contributed by atoms with Crippen LogP contribution in [0.3, 0.4) is 0 Å². The lowest BCUT2D eigenvalue weighted by atomic mass is 9.92. The molecular formula is C20H23IN2O. The van der Waals surface area contributed by atoms with Crippen LogP contribution in [-0.4, -0.2) is 30.9 Å². The van der Waals surface area contributed by atoms with Gasteiger partial charge in [-0.2, -0.15) is 0 Å². The molecule has 0 N–H and O–H groups in total. The average molecular weight is 434 g/mol. The molecule has 2 atom stereocenters. The van der Waals surface area contributed by atoms with Crippen molar-refractivity contribution in [3.63, 3.8) is 0 Å². The first-order valence-corrected chi connectivity index (χ1v) is 9.35. The van der Waals surface area contributed by atoms with Gasteiger partial charge in [0.15, 0.2) is 0 Å². The standard InChI is InChI=1S/C20H23IN2O/c1-14-17(12-20(24)22(2)3)18-11-16(21)9-10-19(18)23(14)13-15-7-5-4-6-8-15/h4-11,14,17H,12-13H2,1-3H3. The highest BCUT2D eigenvalue weighted by Gasteiger charge is 2.37. The second-order valence-corrected chi connectivity index (χ2v) is 7.90. The minimum atomic E-state index is 0.193. The summed E-state index contributed by atoms with van der Waals surface area (Å²) in [4.78, 5) is 16.4. The number of amides is 1. The number of hydrogen-bond donors (Lipinski definition) is 0. The molecule has 24 heavy (non-hydrogen) atoms. The van der Waals surface area contributed by atoms with Crippen molar-refractivity contribution < 1.29 is 4.79 Å². The highest BCUT2D eigenvalue weighted by molar-refractivity contribution is 14.1. The normalized spacial score (nSPS) is 19.2. The molecule has 2 aromatic carbocycles. The van der Waals surface area contributed by atoms with E-state index >= 15 is 0 Å². The number of carbonyl (C=O) groups is 1. The molecule has 4 heteroatoms. The van der Waals surface area contributed by atoms with Crippen LogP contribution in [0, 0.1) is 3.57 Å². The number of rotatable bonds is 4. The molecule has 1 amide bonds. The lowest BCUT2D eigenvalue weighted by molar-refractivity contribution is -0.129. The second-order valence-electron chi connectivity index (χ2n) is 6.66. The first-order valence-electron chi connectivity index (χ1n) is 8.27. The van der Waals surface area contributed by atoms with E-state index in [9.17, 15) is 4.79 Å². The maximum absolute atomic E-state index is 12.3. The first kappa shape index (κ1) is 17.3. The Labute approximate surface area is 157 Å². The van der Waals surface area contributed by atoms with Gasteiger partial charge in [-0.15, -0.1) is 0 Å². The van der Waals surface area contributed by atoms with E-state index in [0.717, 1.165) is 6.54 Å². The maximum atomic E-state index is 12.3. The monoisotopic (exact) mass is 434 g/mol. The van der Waals surface area contributed by atoms with E-state index in [2.05, 4.69) is 76.9 Å². The fourth-order valence-corrected chi connectivity index (χ4v) is 3.96. The van der Waals surface area contributed by atoms with E-state index in [0.29, 0.717) is 12.5 Å². The van der Waals surface area contributed by atoms with Crippen molar-refractivity contribution in [3.8, 4) is 0 Å². The molecule has 0 aromatic heterocycles. The van der Waals surface area contributed by atoms with E-state index in [-0.39, 0.29) is 11.8 Å². The number of benzene rings is 2. The van der Waals surface area contributed by atoms with Gasteiger partial charge in [-0.3, -0.25) is 4.79 Å². The van der Waals surface area contributed by atoms with Crippen LogP contribution in [0.5, 0.6) is 0 Å². The van der Waals surface area contributed by atoms with E-state index in [1.165, 1.54) is 20.4 Å². The van der Waals surface area contributed by atoms with Gasteiger partial charge in [0.1, 0.15) is 0 Å². The molecule has 2 unspecified atom stereocenters. The molecule has 0 saturated heterocycles. The van der Waals surface area contributed by atoms with Crippen molar-refractivity contribution in [2.75, 3.05) is 19.0 Å². The summed E-state index contributed by atoms with van der Waals surface area (Å²) >= 11 is 2.35. The fraction of sp³-hybridized carbons (Fsp3) is 0.350. The first-order chi connectivity index (χ1) is 11.5. The summed E-state index contributed by atoms with van der Waals surface area (Å²) in [5, 5.41) is 0. The summed E-state index contributed by atoms with van der Waals surface area (Å²) < 4.78 is 1.22. The van der Waals surface area contributed by atoms with Crippen molar-refractivity contribution in [1.29, 1.82) is 0 Å². The van der Waals surface area contributed by atoms with Crippen molar-refractivity contribution >= 4 is 34.2 Å². The Morgan fingerprint density at radius 3 is 2.54 bits per heavy atom. The van der Waals surface area contributed by atoms with Gasteiger partial charge < -0.3 is 9.80 Å². The van der Waals surface area contributed by atoms with Gasteiger partial charge in [0.25, 0.3) is 0 Å². The van der Waals surface area contributed by atoms with E-state index < -0.39 is 0 Å². The number of nitrogens with zero attached hydrogens (tertiary/aromatic N) is 2. The molecule has 0 radical (unpaired) electrons. The largest absolute Gasteiger partial charge is 0.364 e. The van der Waals surface area contributed by atoms with Crippen LogP contribution in [0.1, 0.15) is 30.4 Å². The van der Waals surface area contributed by atoms with Gasteiger partial charge in [-0.1, -0.05) is 30.3 Å². The van der Waals surface area contributed by atoms with Gasteiger partial charge >= 0.3 is 0 Å². The van der Waals surface area contributed by atoms with Crippen molar-refractivity contribution in [3.05, 3.63) is 63.2 Å². The molecule has 0 aliphatic carbocycles. The van der Waals surface area contributed by atoms with Crippen LogP contribution in [-0.2, 0) is 11.3 Å². The molecule has 3 nitrogen and oxygen atoms in total. The molecule has 0 spiro atoms.